The summed E-state index contributed by atoms with van der Waals surface area (Å²) in [5, 5.41) is 2.84. The Morgan fingerprint density at radius 3 is 2.71 bits per heavy atom. The Morgan fingerprint density at radius 2 is 2.05 bits per heavy atom. The van der Waals surface area contributed by atoms with Crippen LogP contribution in [-0.4, -0.2) is 56.3 Å². The second-order valence-corrected chi connectivity index (χ2v) is 4.96. The van der Waals surface area contributed by atoms with Gasteiger partial charge in [0.15, 0.2) is 6.10 Å². The fraction of sp³-hybridized carbons (Fsp3) is 0.533. The van der Waals surface area contributed by atoms with E-state index in [4.69, 9.17) is 9.47 Å². The van der Waals surface area contributed by atoms with Gasteiger partial charge < -0.3 is 14.8 Å². The zero-order valence-electron chi connectivity index (χ0n) is 12.2. The Bertz CT molecular complexity index is 447. The minimum atomic E-state index is -0.611. The third-order valence-corrected chi connectivity index (χ3v) is 3.33. The number of carbonyl (C=O) groups is 1. The lowest BCUT2D eigenvalue weighted by Crippen LogP contribution is -2.43. The Balaban J connectivity index is 1.68. The number of ether oxygens (including phenoxy) is 2. The molecule has 0 spiro atoms. The molecule has 0 saturated carbocycles. The molecule has 0 aromatic heterocycles. The van der Waals surface area contributed by atoms with Gasteiger partial charge in [-0.25, -0.2) is 4.39 Å². The maximum absolute atomic E-state index is 12.8. The fourth-order valence-corrected chi connectivity index (χ4v) is 2.08. The summed E-state index contributed by atoms with van der Waals surface area (Å²) in [4.78, 5) is 14.1. The number of carbonyl (C=O) groups excluding carboxylic acids is 1. The van der Waals surface area contributed by atoms with Crippen molar-refractivity contribution in [3.8, 4) is 5.75 Å². The van der Waals surface area contributed by atoms with Gasteiger partial charge >= 0.3 is 0 Å². The molecule has 1 heterocycles. The summed E-state index contributed by atoms with van der Waals surface area (Å²) in [6.07, 6.45) is -0.611. The van der Waals surface area contributed by atoms with Crippen LogP contribution in [-0.2, 0) is 9.53 Å². The molecule has 1 aliphatic heterocycles. The van der Waals surface area contributed by atoms with Crippen molar-refractivity contribution in [2.45, 2.75) is 13.0 Å². The van der Waals surface area contributed by atoms with Gasteiger partial charge in [0, 0.05) is 26.2 Å². The Kier molecular flexibility index (Phi) is 5.95. The molecular formula is C15H21FN2O3. The number of nitrogens with one attached hydrogen (secondary N) is 1. The summed E-state index contributed by atoms with van der Waals surface area (Å²) in [5.41, 5.74) is 0. The molecule has 1 atom stereocenters. The molecular weight excluding hydrogens is 275 g/mol. The monoisotopic (exact) mass is 296 g/mol. The topological polar surface area (TPSA) is 50.8 Å². The van der Waals surface area contributed by atoms with Crippen LogP contribution in [0, 0.1) is 5.82 Å². The van der Waals surface area contributed by atoms with Crippen LogP contribution < -0.4 is 10.1 Å². The van der Waals surface area contributed by atoms with Gasteiger partial charge in [-0.05, 0) is 31.2 Å². The van der Waals surface area contributed by atoms with Gasteiger partial charge in [0.05, 0.1) is 13.2 Å². The fourth-order valence-electron chi connectivity index (χ4n) is 2.08. The molecule has 0 aliphatic carbocycles. The number of morpholine rings is 1. The summed E-state index contributed by atoms with van der Waals surface area (Å²) in [7, 11) is 0. The van der Waals surface area contributed by atoms with E-state index in [0.717, 1.165) is 32.8 Å². The molecule has 5 nitrogen and oxygen atoms in total. The molecule has 1 saturated heterocycles. The van der Waals surface area contributed by atoms with E-state index in [1.54, 1.807) is 6.92 Å². The standard InChI is InChI=1S/C15H21FN2O3/c1-12(21-14-4-2-13(16)3-5-14)15(19)17-6-7-18-8-10-20-11-9-18/h2-5,12H,6-11H2,1H3,(H,17,19)/t12-/m0/s1. The van der Waals surface area contributed by atoms with Crippen LogP contribution in [0.2, 0.25) is 0 Å². The summed E-state index contributed by atoms with van der Waals surface area (Å²) in [5.74, 6) is -0.0234. The summed E-state index contributed by atoms with van der Waals surface area (Å²) in [6, 6.07) is 5.62. The Hall–Kier alpha value is -1.66. The van der Waals surface area contributed by atoms with Crippen molar-refractivity contribution in [2.24, 2.45) is 0 Å². The second kappa shape index (κ2) is 7.95. The van der Waals surface area contributed by atoms with Crippen molar-refractivity contribution in [2.75, 3.05) is 39.4 Å². The Labute approximate surface area is 124 Å². The van der Waals surface area contributed by atoms with E-state index in [9.17, 15) is 9.18 Å². The summed E-state index contributed by atoms with van der Waals surface area (Å²) < 4.78 is 23.5. The number of benzene rings is 1. The summed E-state index contributed by atoms with van der Waals surface area (Å²) >= 11 is 0. The van der Waals surface area contributed by atoms with Gasteiger partial charge in [0.25, 0.3) is 5.91 Å². The zero-order chi connectivity index (χ0) is 15.1. The van der Waals surface area contributed by atoms with Gasteiger partial charge in [-0.1, -0.05) is 0 Å². The summed E-state index contributed by atoms with van der Waals surface area (Å²) in [6.45, 7) is 6.35. The van der Waals surface area contributed by atoms with E-state index in [2.05, 4.69) is 10.2 Å². The van der Waals surface area contributed by atoms with Gasteiger partial charge in [-0.15, -0.1) is 0 Å². The average molecular weight is 296 g/mol. The quantitative estimate of drug-likeness (QED) is 0.852. The van der Waals surface area contributed by atoms with E-state index < -0.39 is 6.10 Å². The molecule has 2 rings (SSSR count). The van der Waals surface area contributed by atoms with Gasteiger partial charge in [-0.3, -0.25) is 9.69 Å². The van der Waals surface area contributed by atoms with E-state index in [1.165, 1.54) is 24.3 Å². The van der Waals surface area contributed by atoms with Crippen LogP contribution in [0.15, 0.2) is 24.3 Å². The number of hydrogen-bond acceptors (Lipinski definition) is 4. The third kappa shape index (κ3) is 5.32. The van der Waals surface area contributed by atoms with Crippen LogP contribution in [0.4, 0.5) is 4.39 Å². The highest BCUT2D eigenvalue weighted by atomic mass is 19.1. The number of hydrogen-bond donors (Lipinski definition) is 1. The van der Waals surface area contributed by atoms with Crippen molar-refractivity contribution in [3.05, 3.63) is 30.1 Å². The lowest BCUT2D eigenvalue weighted by molar-refractivity contribution is -0.127. The predicted molar refractivity (Wildman–Crippen MR) is 76.8 cm³/mol. The first-order valence-electron chi connectivity index (χ1n) is 7.15. The second-order valence-electron chi connectivity index (χ2n) is 4.96. The van der Waals surface area contributed by atoms with Crippen molar-refractivity contribution >= 4 is 5.91 Å². The number of rotatable bonds is 6. The van der Waals surface area contributed by atoms with Crippen molar-refractivity contribution < 1.29 is 18.7 Å². The predicted octanol–water partition coefficient (Wildman–Crippen LogP) is 1.04. The molecule has 116 valence electrons. The highest BCUT2D eigenvalue weighted by Gasteiger charge is 2.15. The first-order valence-corrected chi connectivity index (χ1v) is 7.15. The molecule has 1 N–H and O–H groups in total. The molecule has 21 heavy (non-hydrogen) atoms. The largest absolute Gasteiger partial charge is 0.481 e. The zero-order valence-corrected chi connectivity index (χ0v) is 12.2. The molecule has 0 bridgehead atoms. The van der Waals surface area contributed by atoms with Crippen LogP contribution >= 0.6 is 0 Å². The highest BCUT2D eigenvalue weighted by Crippen LogP contribution is 2.12. The molecule has 1 fully saturated rings. The molecule has 1 aromatic carbocycles. The first-order chi connectivity index (χ1) is 10.1. The smallest absolute Gasteiger partial charge is 0.260 e. The first kappa shape index (κ1) is 15.7. The molecule has 0 unspecified atom stereocenters. The van der Waals surface area contributed by atoms with E-state index in [1.807, 2.05) is 0 Å². The average Bonchev–Trinajstić information content (AvgIpc) is 2.50. The lowest BCUT2D eigenvalue weighted by Gasteiger charge is -2.26. The van der Waals surface area contributed by atoms with Crippen LogP contribution in [0.1, 0.15) is 6.92 Å². The van der Waals surface area contributed by atoms with E-state index >= 15 is 0 Å². The van der Waals surface area contributed by atoms with Crippen LogP contribution in [0.25, 0.3) is 0 Å². The maximum Gasteiger partial charge on any atom is 0.260 e. The minimum Gasteiger partial charge on any atom is -0.481 e. The van der Waals surface area contributed by atoms with Crippen molar-refractivity contribution in [1.82, 2.24) is 10.2 Å². The number of amides is 1. The molecule has 1 amide bonds. The SMILES string of the molecule is C[C@H](Oc1ccc(F)cc1)C(=O)NCCN1CCOCC1. The Morgan fingerprint density at radius 1 is 1.38 bits per heavy atom. The van der Waals surface area contributed by atoms with E-state index in [-0.39, 0.29) is 11.7 Å². The van der Waals surface area contributed by atoms with Crippen molar-refractivity contribution in [1.29, 1.82) is 0 Å². The lowest BCUT2D eigenvalue weighted by atomic mass is 10.3. The third-order valence-electron chi connectivity index (χ3n) is 3.33. The van der Waals surface area contributed by atoms with Crippen LogP contribution in [0.5, 0.6) is 5.75 Å². The molecule has 0 radical (unpaired) electrons. The van der Waals surface area contributed by atoms with Crippen LogP contribution in [0.3, 0.4) is 0 Å². The molecule has 1 aliphatic rings. The van der Waals surface area contributed by atoms with Gasteiger partial charge in [-0.2, -0.15) is 0 Å². The highest BCUT2D eigenvalue weighted by molar-refractivity contribution is 5.80. The number of halogens is 1. The maximum atomic E-state index is 12.8. The van der Waals surface area contributed by atoms with E-state index in [0.29, 0.717) is 12.3 Å². The van der Waals surface area contributed by atoms with Crippen molar-refractivity contribution in [3.63, 3.8) is 0 Å². The normalized spacial score (nSPS) is 17.2. The molecule has 1 aromatic rings. The van der Waals surface area contributed by atoms with Gasteiger partial charge in [0.1, 0.15) is 11.6 Å². The molecule has 6 heteroatoms. The minimum absolute atomic E-state index is 0.174. The van der Waals surface area contributed by atoms with Gasteiger partial charge in [0.2, 0.25) is 0 Å². The number of nitrogens with zero attached hydrogens (tertiary/aromatic N) is 1.